The minimum atomic E-state index is -0.316. The number of rotatable bonds is 3. The molecular formula is C14H16N2O2S. The van der Waals surface area contributed by atoms with Gasteiger partial charge >= 0.3 is 0 Å². The van der Waals surface area contributed by atoms with E-state index in [1.807, 2.05) is 18.3 Å². The van der Waals surface area contributed by atoms with Gasteiger partial charge in [0.15, 0.2) is 0 Å². The smallest absolute Gasteiger partial charge is 0.212 e. The molecular weight excluding hydrogens is 260 g/mol. The van der Waals surface area contributed by atoms with Crippen molar-refractivity contribution in [3.63, 3.8) is 0 Å². The molecule has 1 aliphatic carbocycles. The zero-order chi connectivity index (χ0) is 13.2. The molecule has 1 aliphatic rings. The molecule has 2 heterocycles. The number of pyridine rings is 1. The van der Waals surface area contributed by atoms with Crippen molar-refractivity contribution in [2.45, 2.75) is 31.8 Å². The van der Waals surface area contributed by atoms with Crippen molar-refractivity contribution in [3.8, 4) is 5.88 Å². The number of methoxy groups -OCH3 is 1. The quantitative estimate of drug-likeness (QED) is 0.936. The van der Waals surface area contributed by atoms with E-state index in [-0.39, 0.29) is 6.10 Å². The highest BCUT2D eigenvalue weighted by molar-refractivity contribution is 7.11. The Morgan fingerprint density at radius 1 is 1.47 bits per heavy atom. The second-order valence-electron chi connectivity index (χ2n) is 4.71. The predicted molar refractivity (Wildman–Crippen MR) is 73.6 cm³/mol. The monoisotopic (exact) mass is 276 g/mol. The van der Waals surface area contributed by atoms with E-state index in [9.17, 15) is 5.11 Å². The Hall–Kier alpha value is -1.46. The summed E-state index contributed by atoms with van der Waals surface area (Å²) in [6, 6.07) is 3.86. The number of aliphatic hydroxyl groups excluding tert-OH is 1. The summed E-state index contributed by atoms with van der Waals surface area (Å²) in [4.78, 5) is 9.89. The first-order valence-corrected chi connectivity index (χ1v) is 7.23. The highest BCUT2D eigenvalue weighted by atomic mass is 32.1. The Morgan fingerprint density at radius 2 is 2.37 bits per heavy atom. The lowest BCUT2D eigenvalue weighted by Gasteiger charge is -2.14. The number of aliphatic hydroxyl groups is 1. The fraction of sp³-hybridized carbons (Fsp3) is 0.429. The third-order valence-electron chi connectivity index (χ3n) is 3.33. The number of ether oxygens (including phenoxy) is 1. The summed E-state index contributed by atoms with van der Waals surface area (Å²) in [5, 5.41) is 11.0. The molecule has 1 unspecified atom stereocenters. The molecule has 100 valence electrons. The van der Waals surface area contributed by atoms with E-state index in [2.05, 4.69) is 9.97 Å². The second kappa shape index (κ2) is 5.27. The molecule has 5 heteroatoms. The molecule has 0 aromatic carbocycles. The van der Waals surface area contributed by atoms with E-state index in [1.165, 1.54) is 0 Å². The third kappa shape index (κ3) is 2.62. The van der Waals surface area contributed by atoms with Gasteiger partial charge < -0.3 is 9.84 Å². The largest absolute Gasteiger partial charge is 0.481 e. The molecule has 0 saturated heterocycles. The average molecular weight is 276 g/mol. The van der Waals surface area contributed by atoms with Crippen molar-refractivity contribution in [2.75, 3.05) is 7.11 Å². The number of nitrogens with zero attached hydrogens (tertiary/aromatic N) is 2. The Morgan fingerprint density at radius 3 is 3.05 bits per heavy atom. The van der Waals surface area contributed by atoms with Gasteiger partial charge in [-0.1, -0.05) is 6.07 Å². The van der Waals surface area contributed by atoms with E-state index in [4.69, 9.17) is 4.74 Å². The van der Waals surface area contributed by atoms with Crippen molar-refractivity contribution >= 4 is 11.3 Å². The highest BCUT2D eigenvalue weighted by Gasteiger charge is 2.22. The van der Waals surface area contributed by atoms with E-state index >= 15 is 0 Å². The SMILES string of the molecule is COc1ccc(Cc2nc3c(s2)C(O)CCC3)cn1. The molecule has 0 fully saturated rings. The number of fused-ring (bicyclic) bond motifs is 1. The first-order valence-electron chi connectivity index (χ1n) is 6.41. The van der Waals surface area contributed by atoms with Gasteiger partial charge in [0.2, 0.25) is 5.88 Å². The van der Waals surface area contributed by atoms with Crippen LogP contribution in [-0.2, 0) is 12.8 Å². The Labute approximate surface area is 116 Å². The molecule has 1 N–H and O–H groups in total. The van der Waals surface area contributed by atoms with Crippen LogP contribution in [0.5, 0.6) is 5.88 Å². The molecule has 2 aromatic rings. The van der Waals surface area contributed by atoms with Gasteiger partial charge in [0.25, 0.3) is 0 Å². The molecule has 19 heavy (non-hydrogen) atoms. The molecule has 1 atom stereocenters. The molecule has 0 bridgehead atoms. The average Bonchev–Trinajstić information content (AvgIpc) is 2.84. The Bertz CT molecular complexity index is 565. The van der Waals surface area contributed by atoms with Crippen LogP contribution < -0.4 is 4.74 Å². The van der Waals surface area contributed by atoms with Crippen molar-refractivity contribution in [1.29, 1.82) is 0 Å². The lowest BCUT2D eigenvalue weighted by Crippen LogP contribution is -2.06. The lowest BCUT2D eigenvalue weighted by atomic mass is 10.0. The maximum atomic E-state index is 9.95. The summed E-state index contributed by atoms with van der Waals surface area (Å²) < 4.78 is 5.04. The topological polar surface area (TPSA) is 55.2 Å². The minimum absolute atomic E-state index is 0.316. The predicted octanol–water partition coefficient (Wildman–Crippen LogP) is 2.51. The number of hydrogen-bond donors (Lipinski definition) is 1. The maximum absolute atomic E-state index is 9.95. The normalized spacial score (nSPS) is 18.1. The summed E-state index contributed by atoms with van der Waals surface area (Å²) in [5.74, 6) is 0.623. The van der Waals surface area contributed by atoms with Crippen LogP contribution in [0.3, 0.4) is 0 Å². The van der Waals surface area contributed by atoms with Gasteiger partial charge in [-0.15, -0.1) is 11.3 Å². The summed E-state index contributed by atoms with van der Waals surface area (Å²) in [6.07, 6.45) is 5.14. The van der Waals surface area contributed by atoms with E-state index < -0.39 is 0 Å². The number of aryl methyl sites for hydroxylation is 1. The summed E-state index contributed by atoms with van der Waals surface area (Å²) in [7, 11) is 1.61. The van der Waals surface area contributed by atoms with Crippen LogP contribution in [0.4, 0.5) is 0 Å². The molecule has 3 rings (SSSR count). The van der Waals surface area contributed by atoms with E-state index in [0.29, 0.717) is 5.88 Å². The number of aromatic nitrogens is 2. The minimum Gasteiger partial charge on any atom is -0.481 e. The van der Waals surface area contributed by atoms with Crippen LogP contribution in [-0.4, -0.2) is 22.2 Å². The molecule has 0 aliphatic heterocycles. The van der Waals surface area contributed by atoms with Crippen LogP contribution in [0, 0.1) is 0 Å². The van der Waals surface area contributed by atoms with Crippen LogP contribution in [0.2, 0.25) is 0 Å². The summed E-state index contributed by atoms with van der Waals surface area (Å²) in [5.41, 5.74) is 2.20. The first-order chi connectivity index (χ1) is 9.26. The van der Waals surface area contributed by atoms with Crippen LogP contribution >= 0.6 is 11.3 Å². The molecule has 0 spiro atoms. The maximum Gasteiger partial charge on any atom is 0.212 e. The van der Waals surface area contributed by atoms with Crippen LogP contribution in [0.15, 0.2) is 18.3 Å². The summed E-state index contributed by atoms with van der Waals surface area (Å²) >= 11 is 1.63. The Kier molecular flexibility index (Phi) is 3.48. The fourth-order valence-corrected chi connectivity index (χ4v) is 3.50. The Balaban J connectivity index is 1.79. The van der Waals surface area contributed by atoms with E-state index in [0.717, 1.165) is 46.8 Å². The van der Waals surface area contributed by atoms with Gasteiger partial charge in [0, 0.05) is 18.7 Å². The molecule has 0 saturated carbocycles. The van der Waals surface area contributed by atoms with Gasteiger partial charge in [-0.05, 0) is 24.8 Å². The zero-order valence-electron chi connectivity index (χ0n) is 10.8. The third-order valence-corrected chi connectivity index (χ3v) is 4.53. The van der Waals surface area contributed by atoms with Gasteiger partial charge in [0.05, 0.1) is 28.8 Å². The van der Waals surface area contributed by atoms with Crippen molar-refractivity contribution in [2.24, 2.45) is 0 Å². The fourth-order valence-electron chi connectivity index (χ4n) is 2.33. The van der Waals surface area contributed by atoms with Crippen LogP contribution in [0.1, 0.15) is 40.1 Å². The van der Waals surface area contributed by atoms with E-state index in [1.54, 1.807) is 18.4 Å². The van der Waals surface area contributed by atoms with Gasteiger partial charge in [-0.25, -0.2) is 9.97 Å². The summed E-state index contributed by atoms with van der Waals surface area (Å²) in [6.45, 7) is 0. The molecule has 0 amide bonds. The molecule has 4 nitrogen and oxygen atoms in total. The zero-order valence-corrected chi connectivity index (χ0v) is 11.6. The van der Waals surface area contributed by atoms with Crippen molar-refractivity contribution in [1.82, 2.24) is 9.97 Å². The standard InChI is InChI=1S/C14H16N2O2S/c1-18-12-6-5-9(8-15-12)7-13-16-10-3-2-4-11(17)14(10)19-13/h5-6,8,11,17H,2-4,7H2,1H3. The van der Waals surface area contributed by atoms with Crippen molar-refractivity contribution < 1.29 is 9.84 Å². The van der Waals surface area contributed by atoms with Crippen LogP contribution in [0.25, 0.3) is 0 Å². The second-order valence-corrected chi connectivity index (χ2v) is 5.83. The number of thiazole rings is 1. The van der Waals surface area contributed by atoms with Gasteiger partial charge in [0.1, 0.15) is 0 Å². The first kappa shape index (κ1) is 12.6. The lowest BCUT2D eigenvalue weighted by molar-refractivity contribution is 0.160. The van der Waals surface area contributed by atoms with Crippen molar-refractivity contribution in [3.05, 3.63) is 39.5 Å². The molecule has 2 aromatic heterocycles. The van der Waals surface area contributed by atoms with Gasteiger partial charge in [-0.3, -0.25) is 0 Å². The highest BCUT2D eigenvalue weighted by Crippen LogP contribution is 2.34. The van der Waals surface area contributed by atoms with Gasteiger partial charge in [-0.2, -0.15) is 0 Å². The molecule has 0 radical (unpaired) electrons. The number of hydrogen-bond acceptors (Lipinski definition) is 5.